The molecule has 7 nitrogen and oxygen atoms in total. The smallest absolute Gasteiger partial charge is 0.250 e. The van der Waals surface area contributed by atoms with Gasteiger partial charge in [0.2, 0.25) is 13.2 Å². The average molecular weight is 513 g/mol. The largest absolute Gasteiger partial charge is 0.541 e. The van der Waals surface area contributed by atoms with Crippen molar-refractivity contribution in [3.63, 3.8) is 0 Å². The lowest BCUT2D eigenvalue weighted by atomic mass is 9.79. The van der Waals surface area contributed by atoms with E-state index < -0.39 is 26.9 Å². The van der Waals surface area contributed by atoms with Crippen LogP contribution in [-0.4, -0.2) is 60.1 Å². The summed E-state index contributed by atoms with van der Waals surface area (Å²) >= 11 is 0. The zero-order valence-electron chi connectivity index (χ0n) is 22.3. The molecule has 1 unspecified atom stereocenters. The average Bonchev–Trinajstić information content (AvgIpc) is 3.22. The quantitative estimate of drug-likeness (QED) is 0.282. The van der Waals surface area contributed by atoms with E-state index in [1.165, 1.54) is 13.8 Å². The zero-order chi connectivity index (χ0) is 26.0. The maximum atomic E-state index is 13.1. The Morgan fingerprint density at radius 3 is 2.21 bits per heavy atom. The summed E-state index contributed by atoms with van der Waals surface area (Å²) in [6.07, 6.45) is 3.42. The number of carbonyl (C=O) groups excluding carboxylic acids is 1. The van der Waals surface area contributed by atoms with Crippen molar-refractivity contribution >= 4 is 27.5 Å². The van der Waals surface area contributed by atoms with Crippen molar-refractivity contribution in [2.45, 2.75) is 58.5 Å². The third-order valence-corrected chi connectivity index (χ3v) is 12.9. The molecule has 2 rings (SSSR count). The Kier molecular flexibility index (Phi) is 8.70. The molecule has 0 saturated carbocycles. The molecule has 0 aromatic heterocycles. The van der Waals surface area contributed by atoms with Crippen LogP contribution in [0.5, 0.6) is 11.5 Å². The lowest BCUT2D eigenvalue weighted by molar-refractivity contribution is -0.192. The summed E-state index contributed by atoms with van der Waals surface area (Å²) in [5.74, 6) is -0.177. The van der Waals surface area contributed by atoms with Crippen molar-refractivity contribution in [1.29, 1.82) is 0 Å². The van der Waals surface area contributed by atoms with Crippen LogP contribution in [0.4, 0.5) is 0 Å². The zero-order valence-corrected chi connectivity index (χ0v) is 24.2. The topological polar surface area (TPSA) is 80.3 Å². The van der Waals surface area contributed by atoms with Crippen LogP contribution in [-0.2, 0) is 23.4 Å². The lowest BCUT2D eigenvalue weighted by Crippen LogP contribution is -2.50. The van der Waals surface area contributed by atoms with Gasteiger partial charge in [-0.2, -0.15) is 0 Å². The second-order valence-electron chi connectivity index (χ2n) is 10.9. The number of ketones is 1. The highest BCUT2D eigenvalue weighted by Gasteiger charge is 2.53. The van der Waals surface area contributed by atoms with Gasteiger partial charge in [0.1, 0.15) is 5.75 Å². The molecule has 0 aliphatic carbocycles. The molecule has 0 bridgehead atoms. The minimum atomic E-state index is -3.03. The number of Topliss-reactive ketones (excluding diaryl/α,β-unsaturated/α-hetero) is 1. The van der Waals surface area contributed by atoms with E-state index in [1.807, 2.05) is 24.3 Å². The lowest BCUT2D eigenvalue weighted by Gasteiger charge is -2.39. The van der Waals surface area contributed by atoms with E-state index in [9.17, 15) is 9.36 Å². The van der Waals surface area contributed by atoms with Gasteiger partial charge < -0.3 is 23.2 Å². The molecule has 1 heterocycles. The fraction of sp³-hybridized carbons (Fsp3) is 0.640. The van der Waals surface area contributed by atoms with Crippen molar-refractivity contribution in [3.05, 3.63) is 29.8 Å². The number of carbonyl (C=O) groups is 1. The second kappa shape index (κ2) is 10.3. The van der Waals surface area contributed by atoms with Crippen LogP contribution in [0.3, 0.4) is 0 Å². The molecule has 1 aliphatic heterocycles. The van der Waals surface area contributed by atoms with E-state index in [0.29, 0.717) is 24.7 Å². The van der Waals surface area contributed by atoms with Crippen molar-refractivity contribution in [3.8, 4) is 11.5 Å². The summed E-state index contributed by atoms with van der Waals surface area (Å²) in [5, 5.41) is 0.0590. The van der Waals surface area contributed by atoms with Gasteiger partial charge in [-0.25, -0.2) is 0 Å². The number of hydrogen-bond donors (Lipinski definition) is 0. The van der Waals surface area contributed by atoms with Crippen molar-refractivity contribution < 1.29 is 32.5 Å². The normalized spacial score (nSPS) is 18.6. The first-order valence-electron chi connectivity index (χ1n) is 11.5. The molecule has 0 spiro atoms. The highest BCUT2D eigenvalue weighted by molar-refractivity contribution is 7.59. The first-order chi connectivity index (χ1) is 15.5. The van der Waals surface area contributed by atoms with Crippen LogP contribution >= 0.6 is 7.37 Å². The van der Waals surface area contributed by atoms with Gasteiger partial charge in [-0.05, 0) is 55.8 Å². The monoisotopic (exact) mass is 512 g/mol. The first kappa shape index (κ1) is 28.8. The number of rotatable bonds is 10. The van der Waals surface area contributed by atoms with Gasteiger partial charge >= 0.3 is 0 Å². The Balaban J connectivity index is 2.35. The van der Waals surface area contributed by atoms with Crippen LogP contribution in [0.2, 0.25) is 18.1 Å². The highest BCUT2D eigenvalue weighted by atomic mass is 31.2. The molecule has 34 heavy (non-hydrogen) atoms. The standard InChI is InChI=1S/C25H41O7PSi/c1-23(2,3)34(9,10)32-20-12-11-19(17-21(20)28-6)13-14-25(30-15-16-31-25)24(4,5)22(26)18-33(8,27)29-7/h11-14,17H,15-16,18H2,1-10H3/b14-13+. The van der Waals surface area contributed by atoms with Crippen molar-refractivity contribution in [2.75, 3.05) is 40.3 Å². The first-order valence-corrected chi connectivity index (χ1v) is 16.7. The van der Waals surface area contributed by atoms with Gasteiger partial charge in [0, 0.05) is 13.8 Å². The number of benzene rings is 1. The van der Waals surface area contributed by atoms with E-state index in [1.54, 1.807) is 27.0 Å². The minimum Gasteiger partial charge on any atom is -0.541 e. The minimum absolute atomic E-state index is 0.0590. The molecule has 1 aliphatic rings. The Hall–Kier alpha value is -1.44. The van der Waals surface area contributed by atoms with Crippen LogP contribution < -0.4 is 9.16 Å². The van der Waals surface area contributed by atoms with Crippen LogP contribution in [0, 0.1) is 5.41 Å². The molecule has 0 radical (unpaired) electrons. The molecule has 1 atom stereocenters. The summed E-state index contributed by atoms with van der Waals surface area (Å²) in [7, 11) is -2.09. The van der Waals surface area contributed by atoms with Crippen LogP contribution in [0.1, 0.15) is 40.2 Å². The summed E-state index contributed by atoms with van der Waals surface area (Å²) in [6, 6.07) is 5.73. The van der Waals surface area contributed by atoms with E-state index in [2.05, 4.69) is 33.9 Å². The molecule has 1 aromatic carbocycles. The Labute approximate surface area is 205 Å². The van der Waals surface area contributed by atoms with Gasteiger partial charge in [0.05, 0.1) is 31.9 Å². The molecule has 9 heteroatoms. The SMILES string of the molecule is COc1cc(/C=C/C2(C(C)(C)C(=O)CP(C)(=O)OC)OCCO2)ccc1O[Si](C)(C)C(C)(C)C. The highest BCUT2D eigenvalue weighted by Crippen LogP contribution is 2.47. The fourth-order valence-corrected chi connectivity index (χ4v) is 5.39. The maximum Gasteiger partial charge on any atom is 0.250 e. The molecule has 1 fully saturated rings. The number of ether oxygens (including phenoxy) is 3. The van der Waals surface area contributed by atoms with Crippen molar-refractivity contribution in [2.24, 2.45) is 5.41 Å². The molecular formula is C25H41O7PSi. The summed E-state index contributed by atoms with van der Waals surface area (Å²) < 4.78 is 41.5. The van der Waals surface area contributed by atoms with Crippen LogP contribution in [0.25, 0.3) is 6.08 Å². The second-order valence-corrected chi connectivity index (χ2v) is 18.3. The van der Waals surface area contributed by atoms with Gasteiger partial charge in [0.25, 0.3) is 8.32 Å². The predicted octanol–water partition coefficient (Wildman–Crippen LogP) is 5.99. The predicted molar refractivity (Wildman–Crippen MR) is 139 cm³/mol. The molecule has 0 amide bonds. The van der Waals surface area contributed by atoms with E-state index >= 15 is 0 Å². The fourth-order valence-electron chi connectivity index (χ4n) is 3.32. The third kappa shape index (κ3) is 6.21. The Morgan fingerprint density at radius 2 is 1.71 bits per heavy atom. The van der Waals surface area contributed by atoms with Crippen molar-refractivity contribution in [1.82, 2.24) is 0 Å². The van der Waals surface area contributed by atoms with Gasteiger partial charge in [0.15, 0.2) is 11.5 Å². The summed E-state index contributed by atoms with van der Waals surface area (Å²) in [5.41, 5.74) is -0.237. The van der Waals surface area contributed by atoms with Gasteiger partial charge in [-0.1, -0.05) is 32.9 Å². The molecular weight excluding hydrogens is 471 g/mol. The van der Waals surface area contributed by atoms with Crippen LogP contribution in [0.15, 0.2) is 24.3 Å². The summed E-state index contributed by atoms with van der Waals surface area (Å²) in [4.78, 5) is 13.1. The Bertz CT molecular complexity index is 957. The van der Waals surface area contributed by atoms with E-state index in [4.69, 9.17) is 23.2 Å². The molecule has 0 N–H and O–H groups in total. The molecule has 192 valence electrons. The maximum absolute atomic E-state index is 13.1. The summed E-state index contributed by atoms with van der Waals surface area (Å²) in [6.45, 7) is 16.6. The number of hydrogen-bond acceptors (Lipinski definition) is 7. The third-order valence-electron chi connectivity index (χ3n) is 6.96. The number of methoxy groups -OCH3 is 1. The van der Waals surface area contributed by atoms with E-state index in [0.717, 1.165) is 5.56 Å². The Morgan fingerprint density at radius 1 is 1.12 bits per heavy atom. The van der Waals surface area contributed by atoms with Gasteiger partial charge in [-0.15, -0.1) is 0 Å². The van der Waals surface area contributed by atoms with E-state index in [-0.39, 0.29) is 17.0 Å². The molecule has 1 aromatic rings. The van der Waals surface area contributed by atoms with Gasteiger partial charge in [-0.3, -0.25) is 9.36 Å². The molecule has 1 saturated heterocycles.